The Morgan fingerprint density at radius 1 is 0.429 bits per heavy atom. The topological polar surface area (TPSA) is 121 Å². The van der Waals surface area contributed by atoms with Gasteiger partial charge in [-0.2, -0.15) is 0 Å². The number of nitrogens with one attached hydrogen (secondary N) is 1. The van der Waals surface area contributed by atoms with E-state index in [2.05, 4.69) is 122 Å². The lowest BCUT2D eigenvalue weighted by atomic mass is 10.0. The van der Waals surface area contributed by atoms with Gasteiger partial charge >= 0.3 is 0 Å². The van der Waals surface area contributed by atoms with Crippen molar-refractivity contribution in [3.05, 3.63) is 210 Å². The van der Waals surface area contributed by atoms with Crippen LogP contribution >= 0.6 is 82.6 Å². The van der Waals surface area contributed by atoms with E-state index in [1.165, 1.54) is 24.5 Å². The Bertz CT molecular complexity index is 4680. The number of pyridine rings is 3. The van der Waals surface area contributed by atoms with Crippen LogP contribution in [0.4, 0.5) is 26.3 Å². The molecule has 6 heterocycles. The van der Waals surface area contributed by atoms with Crippen molar-refractivity contribution in [2.24, 2.45) is 0 Å². The summed E-state index contributed by atoms with van der Waals surface area (Å²) in [5, 5.41) is 2.27. The first kappa shape index (κ1) is 67.3. The highest BCUT2D eigenvalue weighted by Crippen LogP contribution is 2.40. The predicted octanol–water partition coefficient (Wildman–Crippen LogP) is 21.5. The summed E-state index contributed by atoms with van der Waals surface area (Å²) in [5.41, 5.74) is 8.33. The number of H-pyrrole nitrogens is 1. The van der Waals surface area contributed by atoms with Crippen molar-refractivity contribution < 1.29 is 35.8 Å². The number of hydrogen-bond acceptors (Lipinski definition) is 8. The minimum Gasteiger partial charge on any atom is -0.361 e. The molecule has 468 valence electrons. The number of halogens is 12. The molecule has 0 saturated carbocycles. The molecule has 6 aromatic heterocycles. The van der Waals surface area contributed by atoms with E-state index in [0.717, 1.165) is 93.1 Å². The van der Waals surface area contributed by atoms with Gasteiger partial charge < -0.3 is 23.6 Å². The quantitative estimate of drug-likeness (QED) is 0.0439. The summed E-state index contributed by atoms with van der Waals surface area (Å²) in [6.45, 7) is 15.4. The smallest absolute Gasteiger partial charge is 0.144 e. The van der Waals surface area contributed by atoms with Gasteiger partial charge in [0, 0.05) is 129 Å². The summed E-state index contributed by atoms with van der Waals surface area (Å²) in [7, 11) is -2.49. The van der Waals surface area contributed by atoms with Crippen LogP contribution in [0.5, 0.6) is 0 Å². The summed E-state index contributed by atoms with van der Waals surface area (Å²) < 4.78 is 103. The maximum Gasteiger partial charge on any atom is 0.144 e. The van der Waals surface area contributed by atoms with Crippen LogP contribution in [0.3, 0.4) is 0 Å². The molecule has 0 aliphatic carbocycles. The molecule has 6 aromatic carbocycles. The van der Waals surface area contributed by atoms with Gasteiger partial charge in [-0.25, -0.2) is 41.3 Å². The number of fused-ring (bicyclic) bond motifs is 3. The van der Waals surface area contributed by atoms with Crippen molar-refractivity contribution in [2.75, 3.05) is 13.2 Å². The Hall–Kier alpha value is -6.58. The fourth-order valence-corrected chi connectivity index (χ4v) is 12.7. The Balaban J connectivity index is 0.000000151. The normalized spacial score (nSPS) is 11.8. The van der Waals surface area contributed by atoms with E-state index in [1.54, 1.807) is 35.8 Å². The Morgan fingerprint density at radius 2 is 0.824 bits per heavy atom. The second-order valence-electron chi connectivity index (χ2n) is 23.6. The monoisotopic (exact) mass is 1520 g/mol. The third-order valence-corrected chi connectivity index (χ3v) is 19.9. The lowest BCUT2D eigenvalue weighted by Crippen LogP contribution is -2.22. The zero-order valence-corrected chi connectivity index (χ0v) is 58.6. The molecule has 1 N–H and O–H groups in total. The molecule has 0 amide bonds. The van der Waals surface area contributed by atoms with E-state index >= 15 is 0 Å². The summed E-state index contributed by atoms with van der Waals surface area (Å²) in [6.07, 6.45) is 9.87. The zero-order valence-electron chi connectivity index (χ0n) is 49.5. The molecular weight excluding hydrogens is 1470 g/mol. The van der Waals surface area contributed by atoms with E-state index in [9.17, 15) is 26.3 Å². The molecule has 0 atom stereocenters. The molecular formula is C66H55Br3Cl3F6N9O2Si2. The molecule has 0 radical (unpaired) electrons. The lowest BCUT2D eigenvalue weighted by molar-refractivity contribution is 0.0881. The fraction of sp³-hybridized carbons (Fsp3) is 0.182. The molecule has 0 bridgehead atoms. The SMILES string of the molecule is C[Si](C)(C)CCOCn1cnc(-c2cc(Cl)c(F)cc2F)c1-c1ccc2ncc(Br)cc2c1.C[Si](C)(C)CCOCn1cnc(-c2ccc3ncc(Br)cc3c2)c1-c1cc(Cl)c(F)cc1F.Fc1cc(F)c(-c2[nH]cnc2-c2ccc3ncc(Br)cc3c2)cc1Cl. The van der Waals surface area contributed by atoms with Crippen LogP contribution in [0.25, 0.3) is 100 Å². The van der Waals surface area contributed by atoms with Crippen molar-refractivity contribution in [3.8, 4) is 67.5 Å². The Morgan fingerprint density at radius 3 is 1.31 bits per heavy atom. The summed E-state index contributed by atoms with van der Waals surface area (Å²) >= 11 is 28.1. The van der Waals surface area contributed by atoms with Gasteiger partial charge in [-0.05, 0) is 133 Å². The van der Waals surface area contributed by atoms with Crippen LogP contribution in [-0.2, 0) is 22.9 Å². The van der Waals surface area contributed by atoms with E-state index < -0.39 is 51.1 Å². The van der Waals surface area contributed by atoms with Crippen molar-refractivity contribution in [1.82, 2.24) is 44.0 Å². The van der Waals surface area contributed by atoms with Crippen LogP contribution in [0.15, 0.2) is 160 Å². The highest BCUT2D eigenvalue weighted by molar-refractivity contribution is 9.11. The maximum absolute atomic E-state index is 14.9. The number of imidazole rings is 3. The van der Waals surface area contributed by atoms with Gasteiger partial charge in [-0.1, -0.05) is 92.3 Å². The van der Waals surface area contributed by atoms with Crippen LogP contribution in [0.2, 0.25) is 66.4 Å². The van der Waals surface area contributed by atoms with Gasteiger partial charge in [0.1, 0.15) is 48.4 Å². The predicted molar refractivity (Wildman–Crippen MR) is 368 cm³/mol. The largest absolute Gasteiger partial charge is 0.361 e. The Kier molecular flexibility index (Phi) is 21.3. The van der Waals surface area contributed by atoms with Crippen LogP contribution in [-0.4, -0.2) is 73.4 Å². The summed E-state index contributed by atoms with van der Waals surface area (Å²) in [5.74, 6) is -4.57. The average Bonchev–Trinajstić information content (AvgIpc) is 1.76. The standard InChI is InChI=1S/2C24H23BrClF2N3OSi.C18H9BrClF2N3/c1-33(2,3)7-6-32-14-31-13-30-23(18-10-19(26)21(28)11-20(18)27)24(31)15-4-5-22-16(8-15)9-17(25)12-29-22;1-33(2,3)7-6-32-14-31-13-30-23(24(31)18-10-19(26)21(28)11-20(18)27)15-4-5-22-16(8-15)9-17(25)12-29-22;19-11-4-10-3-9(1-2-16(10)23-7-11)17-18(25-8-24-17)12-5-13(20)15(22)6-14(12)21/h2*4-5,8-13H,6-7,14H2,1-3H3;1-8H,(H,24,25). The maximum atomic E-state index is 14.9. The van der Waals surface area contributed by atoms with Crippen molar-refractivity contribution >= 4 is 131 Å². The molecule has 0 spiro atoms. The van der Waals surface area contributed by atoms with Crippen molar-refractivity contribution in [3.63, 3.8) is 0 Å². The number of nitrogens with zero attached hydrogens (tertiary/aromatic N) is 8. The fourth-order valence-electron chi connectivity index (χ4n) is 9.63. The Labute approximate surface area is 562 Å². The molecule has 11 nitrogen and oxygen atoms in total. The second-order valence-corrected chi connectivity index (χ2v) is 38.8. The third-order valence-electron chi connectivity index (χ3n) is 14.3. The minimum absolute atomic E-state index is 0.129. The van der Waals surface area contributed by atoms with Gasteiger partial charge in [0.2, 0.25) is 0 Å². The number of aromatic amines is 1. The first-order valence-electron chi connectivity index (χ1n) is 28.2. The van der Waals surface area contributed by atoms with Gasteiger partial charge in [0.15, 0.2) is 0 Å². The first-order chi connectivity index (χ1) is 43.3. The van der Waals surface area contributed by atoms with Crippen molar-refractivity contribution in [1.29, 1.82) is 0 Å². The van der Waals surface area contributed by atoms with E-state index in [-0.39, 0.29) is 45.2 Å². The van der Waals surface area contributed by atoms with E-state index in [4.69, 9.17) is 44.3 Å². The molecule has 0 unspecified atom stereocenters. The molecule has 12 rings (SSSR count). The second kappa shape index (κ2) is 28.7. The number of benzene rings is 6. The molecule has 0 saturated heterocycles. The minimum atomic E-state index is -1.25. The van der Waals surface area contributed by atoms with Crippen LogP contribution < -0.4 is 0 Å². The molecule has 12 aromatic rings. The highest BCUT2D eigenvalue weighted by atomic mass is 79.9. The number of aromatic nitrogens is 9. The lowest BCUT2D eigenvalue weighted by Gasteiger charge is -2.17. The van der Waals surface area contributed by atoms with Crippen molar-refractivity contribution in [2.45, 2.75) is 64.8 Å². The molecule has 0 aliphatic heterocycles. The van der Waals surface area contributed by atoms with Crippen LogP contribution in [0, 0.1) is 34.9 Å². The third kappa shape index (κ3) is 16.4. The highest BCUT2D eigenvalue weighted by Gasteiger charge is 2.24. The van der Waals surface area contributed by atoms with E-state index in [0.29, 0.717) is 47.4 Å². The summed E-state index contributed by atoms with van der Waals surface area (Å²) in [6, 6.07) is 31.2. The number of hydrogen-bond donors (Lipinski definition) is 1. The van der Waals surface area contributed by atoms with Gasteiger partial charge in [0.05, 0.1) is 84.8 Å². The zero-order chi connectivity index (χ0) is 65.1. The van der Waals surface area contributed by atoms with E-state index in [1.807, 2.05) is 77.4 Å². The van der Waals surface area contributed by atoms with Crippen LogP contribution in [0.1, 0.15) is 0 Å². The molecule has 0 aliphatic rings. The molecule has 0 fully saturated rings. The van der Waals surface area contributed by atoms with Gasteiger partial charge in [-0.3, -0.25) is 15.0 Å². The first-order valence-corrected chi connectivity index (χ1v) is 39.1. The molecule has 25 heteroatoms. The molecule has 91 heavy (non-hydrogen) atoms. The number of rotatable bonds is 16. The summed E-state index contributed by atoms with van der Waals surface area (Å²) in [4.78, 5) is 29.4. The number of ether oxygens (including phenoxy) is 2. The average molecular weight is 1520 g/mol. The van der Waals surface area contributed by atoms with Gasteiger partial charge in [-0.15, -0.1) is 0 Å². The van der Waals surface area contributed by atoms with Gasteiger partial charge in [0.25, 0.3) is 0 Å².